The zero-order valence-corrected chi connectivity index (χ0v) is 15.7. The van der Waals surface area contributed by atoms with Gasteiger partial charge in [-0.3, -0.25) is 0 Å². The molecule has 0 fully saturated rings. The van der Waals surface area contributed by atoms with E-state index in [0.29, 0.717) is 6.61 Å². The van der Waals surface area contributed by atoms with Crippen LogP contribution in [0.2, 0.25) is 0 Å². The zero-order chi connectivity index (χ0) is 17.7. The van der Waals surface area contributed by atoms with Gasteiger partial charge in [-0.25, -0.2) is 4.79 Å². The minimum absolute atomic E-state index is 0.00521. The van der Waals surface area contributed by atoms with Crippen molar-refractivity contribution in [3.05, 3.63) is 46.8 Å². The second kappa shape index (κ2) is 7.67. The summed E-state index contributed by atoms with van der Waals surface area (Å²) in [6.45, 7) is 8.72. The van der Waals surface area contributed by atoms with E-state index >= 15 is 0 Å². The van der Waals surface area contributed by atoms with E-state index in [4.69, 9.17) is 9.47 Å². The molecule has 0 unspecified atom stereocenters. The average molecular weight is 344 g/mol. The Bertz CT molecular complexity index is 736. The third kappa shape index (κ3) is 4.48. The van der Waals surface area contributed by atoms with E-state index in [1.807, 2.05) is 11.4 Å². The Kier molecular flexibility index (Phi) is 5.84. The summed E-state index contributed by atoms with van der Waals surface area (Å²) in [5.41, 5.74) is 3.34. The standard InChI is InChI=1S/C20H24O3S/c1-6-23-19(21)10-7-14-11-18(24-13-14)15-8-9-17(22-5)16(12-15)20(2,3)4/h7-13H,6H2,1-5H3. The number of hydrogen-bond donors (Lipinski definition) is 0. The summed E-state index contributed by atoms with van der Waals surface area (Å²) in [6.07, 6.45) is 3.25. The molecule has 0 atom stereocenters. The van der Waals surface area contributed by atoms with Crippen LogP contribution in [0.25, 0.3) is 16.5 Å². The molecule has 0 saturated carbocycles. The summed E-state index contributed by atoms with van der Waals surface area (Å²) in [6, 6.07) is 8.35. The molecule has 0 aliphatic heterocycles. The van der Waals surface area contributed by atoms with Gasteiger partial charge in [0.15, 0.2) is 0 Å². The van der Waals surface area contributed by atoms with Crippen LogP contribution in [0.15, 0.2) is 35.7 Å². The number of carbonyl (C=O) groups excluding carboxylic acids is 1. The second-order valence-corrected chi connectivity index (χ2v) is 7.41. The molecule has 2 aromatic rings. The molecule has 0 radical (unpaired) electrons. The first-order valence-corrected chi connectivity index (χ1v) is 8.85. The van der Waals surface area contributed by atoms with Crippen molar-refractivity contribution in [1.82, 2.24) is 0 Å². The molecule has 0 N–H and O–H groups in total. The summed E-state index contributed by atoms with van der Waals surface area (Å²) < 4.78 is 10.4. The summed E-state index contributed by atoms with van der Waals surface area (Å²) in [5.74, 6) is 0.593. The Labute approximate surface area is 147 Å². The predicted octanol–water partition coefficient (Wildman–Crippen LogP) is 5.30. The SMILES string of the molecule is CCOC(=O)C=Cc1csc(-c2ccc(OC)c(C(C)(C)C)c2)c1. The molecule has 128 valence electrons. The Hall–Kier alpha value is -2.07. The van der Waals surface area contributed by atoms with Gasteiger partial charge in [0, 0.05) is 16.5 Å². The molecule has 4 heteroatoms. The van der Waals surface area contributed by atoms with E-state index in [1.54, 1.807) is 31.4 Å². The van der Waals surface area contributed by atoms with Gasteiger partial charge in [0.1, 0.15) is 5.75 Å². The van der Waals surface area contributed by atoms with Crippen LogP contribution < -0.4 is 4.74 Å². The normalized spacial score (nSPS) is 11.7. The second-order valence-electron chi connectivity index (χ2n) is 6.49. The molecule has 1 heterocycles. The minimum atomic E-state index is -0.315. The van der Waals surface area contributed by atoms with Crippen molar-refractivity contribution in [3.63, 3.8) is 0 Å². The fourth-order valence-electron chi connectivity index (χ4n) is 2.39. The van der Waals surface area contributed by atoms with Crippen LogP contribution in [-0.4, -0.2) is 19.7 Å². The van der Waals surface area contributed by atoms with E-state index in [1.165, 1.54) is 11.6 Å². The van der Waals surface area contributed by atoms with Crippen LogP contribution in [0.5, 0.6) is 5.75 Å². The number of carbonyl (C=O) groups is 1. The van der Waals surface area contributed by atoms with Crippen molar-refractivity contribution in [2.75, 3.05) is 13.7 Å². The lowest BCUT2D eigenvalue weighted by Gasteiger charge is -2.22. The first-order chi connectivity index (χ1) is 11.3. The fraction of sp³-hybridized carbons (Fsp3) is 0.350. The van der Waals surface area contributed by atoms with E-state index in [9.17, 15) is 4.79 Å². The van der Waals surface area contributed by atoms with Crippen molar-refractivity contribution in [2.45, 2.75) is 33.1 Å². The third-order valence-corrected chi connectivity index (χ3v) is 4.61. The van der Waals surface area contributed by atoms with Gasteiger partial charge in [0.05, 0.1) is 13.7 Å². The van der Waals surface area contributed by atoms with Gasteiger partial charge in [0.2, 0.25) is 0 Å². The number of esters is 1. The molecule has 0 spiro atoms. The number of thiophene rings is 1. The molecular weight excluding hydrogens is 320 g/mol. The summed E-state index contributed by atoms with van der Waals surface area (Å²) in [7, 11) is 1.70. The van der Waals surface area contributed by atoms with Gasteiger partial charge in [-0.2, -0.15) is 0 Å². The smallest absolute Gasteiger partial charge is 0.330 e. The molecule has 0 bridgehead atoms. The predicted molar refractivity (Wildman–Crippen MR) is 101 cm³/mol. The fourth-order valence-corrected chi connectivity index (χ4v) is 3.27. The summed E-state index contributed by atoms with van der Waals surface area (Å²) in [4.78, 5) is 12.6. The van der Waals surface area contributed by atoms with E-state index in [2.05, 4.69) is 39.0 Å². The van der Waals surface area contributed by atoms with E-state index in [-0.39, 0.29) is 11.4 Å². The molecule has 0 aliphatic rings. The largest absolute Gasteiger partial charge is 0.496 e. The first-order valence-electron chi connectivity index (χ1n) is 7.97. The van der Waals surface area contributed by atoms with E-state index in [0.717, 1.165) is 21.8 Å². The number of benzene rings is 1. The molecule has 3 nitrogen and oxygen atoms in total. The highest BCUT2D eigenvalue weighted by atomic mass is 32.1. The van der Waals surface area contributed by atoms with Gasteiger partial charge in [-0.15, -0.1) is 11.3 Å². The number of methoxy groups -OCH3 is 1. The van der Waals surface area contributed by atoms with E-state index < -0.39 is 0 Å². The van der Waals surface area contributed by atoms with Crippen molar-refractivity contribution >= 4 is 23.4 Å². The van der Waals surface area contributed by atoms with Crippen LogP contribution in [0.3, 0.4) is 0 Å². The quantitative estimate of drug-likeness (QED) is 0.545. The Morgan fingerprint density at radius 2 is 2.00 bits per heavy atom. The Morgan fingerprint density at radius 1 is 1.25 bits per heavy atom. The lowest BCUT2D eigenvalue weighted by atomic mass is 9.85. The van der Waals surface area contributed by atoms with Gasteiger partial charge >= 0.3 is 5.97 Å². The van der Waals surface area contributed by atoms with Crippen LogP contribution in [-0.2, 0) is 14.9 Å². The molecule has 0 saturated heterocycles. The Morgan fingerprint density at radius 3 is 2.62 bits per heavy atom. The maximum absolute atomic E-state index is 11.4. The monoisotopic (exact) mass is 344 g/mol. The van der Waals surface area contributed by atoms with Gasteiger partial charge < -0.3 is 9.47 Å². The van der Waals surface area contributed by atoms with Crippen LogP contribution in [0.1, 0.15) is 38.8 Å². The molecular formula is C20H24O3S. The van der Waals surface area contributed by atoms with Gasteiger partial charge in [0.25, 0.3) is 0 Å². The van der Waals surface area contributed by atoms with Gasteiger partial charge in [-0.05, 0) is 59.2 Å². The van der Waals surface area contributed by atoms with Crippen molar-refractivity contribution in [2.24, 2.45) is 0 Å². The van der Waals surface area contributed by atoms with Crippen molar-refractivity contribution in [1.29, 1.82) is 0 Å². The van der Waals surface area contributed by atoms with Crippen molar-refractivity contribution < 1.29 is 14.3 Å². The topological polar surface area (TPSA) is 35.5 Å². The highest BCUT2D eigenvalue weighted by Gasteiger charge is 2.19. The summed E-state index contributed by atoms with van der Waals surface area (Å²) in [5, 5.41) is 2.03. The molecule has 0 aliphatic carbocycles. The highest BCUT2D eigenvalue weighted by Crippen LogP contribution is 2.36. The minimum Gasteiger partial charge on any atom is -0.496 e. The highest BCUT2D eigenvalue weighted by molar-refractivity contribution is 7.13. The molecule has 1 aromatic carbocycles. The van der Waals surface area contributed by atoms with Crippen molar-refractivity contribution in [3.8, 4) is 16.2 Å². The lowest BCUT2D eigenvalue weighted by molar-refractivity contribution is -0.137. The number of hydrogen-bond acceptors (Lipinski definition) is 4. The molecule has 0 amide bonds. The Balaban J connectivity index is 2.29. The van der Waals surface area contributed by atoms with Gasteiger partial charge in [-0.1, -0.05) is 20.8 Å². The molecule has 24 heavy (non-hydrogen) atoms. The lowest BCUT2D eigenvalue weighted by Crippen LogP contribution is -2.12. The number of ether oxygens (including phenoxy) is 2. The number of rotatable bonds is 5. The van der Waals surface area contributed by atoms with Crippen LogP contribution in [0, 0.1) is 0 Å². The first kappa shape index (κ1) is 18.3. The maximum atomic E-state index is 11.4. The zero-order valence-electron chi connectivity index (χ0n) is 14.9. The summed E-state index contributed by atoms with van der Waals surface area (Å²) >= 11 is 1.66. The van der Waals surface area contributed by atoms with Crippen LogP contribution >= 0.6 is 11.3 Å². The average Bonchev–Trinajstić information content (AvgIpc) is 3.01. The van der Waals surface area contributed by atoms with Crippen LogP contribution in [0.4, 0.5) is 0 Å². The molecule has 2 rings (SSSR count). The third-order valence-electron chi connectivity index (χ3n) is 3.61. The maximum Gasteiger partial charge on any atom is 0.330 e. The molecule has 1 aromatic heterocycles.